The van der Waals surface area contributed by atoms with E-state index in [1.165, 1.54) is 0 Å². The van der Waals surface area contributed by atoms with Crippen LogP contribution in [0.25, 0.3) is 0 Å². The predicted octanol–water partition coefficient (Wildman–Crippen LogP) is 3.22. The van der Waals surface area contributed by atoms with Crippen LogP contribution >= 0.6 is 0 Å². The number of para-hydroxylation sites is 1. The summed E-state index contributed by atoms with van der Waals surface area (Å²) >= 11 is 0. The third-order valence-corrected chi connectivity index (χ3v) is 3.44. The van der Waals surface area contributed by atoms with E-state index < -0.39 is 17.5 Å². The molecule has 4 nitrogen and oxygen atoms in total. The van der Waals surface area contributed by atoms with E-state index >= 15 is 0 Å². The first-order valence-corrected chi connectivity index (χ1v) is 7.57. The second-order valence-corrected chi connectivity index (χ2v) is 5.52. The predicted molar refractivity (Wildman–Crippen MR) is 89.2 cm³/mol. The highest BCUT2D eigenvalue weighted by atomic mass is 19.1. The lowest BCUT2D eigenvalue weighted by Gasteiger charge is -2.17. The van der Waals surface area contributed by atoms with Crippen molar-refractivity contribution in [1.82, 2.24) is 4.90 Å². The Hall–Kier alpha value is -2.47. The number of rotatable bonds is 7. The minimum atomic E-state index is -0.671. The number of halogens is 2. The van der Waals surface area contributed by atoms with E-state index in [0.717, 1.165) is 29.5 Å². The van der Waals surface area contributed by atoms with E-state index in [1.54, 1.807) is 11.9 Å². The number of hydrogen-bond acceptors (Lipinski definition) is 3. The topological polar surface area (TPSA) is 41.6 Å². The fraction of sp³-hybridized carbons (Fsp3) is 0.278. The van der Waals surface area contributed by atoms with Crippen LogP contribution in [0.5, 0.6) is 5.75 Å². The molecule has 2 aromatic rings. The number of carbonyl (C=O) groups excluding carboxylic acids is 1. The highest BCUT2D eigenvalue weighted by Crippen LogP contribution is 2.16. The third-order valence-electron chi connectivity index (χ3n) is 3.44. The van der Waals surface area contributed by atoms with Gasteiger partial charge < -0.3 is 10.1 Å². The summed E-state index contributed by atoms with van der Waals surface area (Å²) < 4.78 is 32.2. The van der Waals surface area contributed by atoms with Gasteiger partial charge in [0.1, 0.15) is 24.0 Å². The van der Waals surface area contributed by atoms with E-state index in [2.05, 4.69) is 5.32 Å². The van der Waals surface area contributed by atoms with E-state index in [1.807, 2.05) is 31.2 Å². The van der Waals surface area contributed by atoms with Crippen LogP contribution in [-0.4, -0.2) is 37.6 Å². The molecule has 0 bridgehead atoms. The number of amides is 1. The molecule has 0 aliphatic carbocycles. The summed E-state index contributed by atoms with van der Waals surface area (Å²) in [6.45, 7) is 2.95. The quantitative estimate of drug-likeness (QED) is 0.845. The lowest BCUT2D eigenvalue weighted by atomic mass is 10.2. The summed E-state index contributed by atoms with van der Waals surface area (Å²) in [6.07, 6.45) is 0. The van der Waals surface area contributed by atoms with Crippen molar-refractivity contribution in [2.24, 2.45) is 0 Å². The molecule has 0 aliphatic rings. The molecule has 6 heteroatoms. The standard InChI is InChI=1S/C18H20F2N2O2/c1-13-5-3-4-6-17(13)24-10-9-22(2)12-18(23)21-16-11-14(19)7-8-15(16)20/h3-8,11H,9-10,12H2,1-2H3,(H,21,23). The number of likely N-dealkylation sites (N-methyl/N-ethyl adjacent to an activating group) is 1. The minimum Gasteiger partial charge on any atom is -0.492 e. The molecule has 0 aromatic heterocycles. The lowest BCUT2D eigenvalue weighted by Crippen LogP contribution is -2.33. The van der Waals surface area contributed by atoms with Gasteiger partial charge in [0, 0.05) is 12.6 Å². The molecule has 0 aliphatic heterocycles. The van der Waals surface area contributed by atoms with E-state index in [9.17, 15) is 13.6 Å². The Kier molecular flexibility index (Phi) is 6.26. The van der Waals surface area contributed by atoms with Gasteiger partial charge in [0.25, 0.3) is 0 Å². The van der Waals surface area contributed by atoms with Gasteiger partial charge in [-0.05, 0) is 37.7 Å². The SMILES string of the molecule is Cc1ccccc1OCCN(C)CC(=O)Nc1cc(F)ccc1F. The molecular weight excluding hydrogens is 314 g/mol. The highest BCUT2D eigenvalue weighted by molar-refractivity contribution is 5.92. The molecule has 24 heavy (non-hydrogen) atoms. The number of ether oxygens (including phenoxy) is 1. The molecule has 0 fully saturated rings. The number of carbonyl (C=O) groups is 1. The summed E-state index contributed by atoms with van der Waals surface area (Å²) in [6, 6.07) is 10.6. The average Bonchev–Trinajstić information content (AvgIpc) is 2.52. The van der Waals surface area contributed by atoms with Gasteiger partial charge in [0.15, 0.2) is 0 Å². The van der Waals surface area contributed by atoms with Crippen LogP contribution in [0.3, 0.4) is 0 Å². The minimum absolute atomic E-state index is 0.0487. The van der Waals surface area contributed by atoms with Gasteiger partial charge in [-0.15, -0.1) is 0 Å². The molecule has 0 heterocycles. The average molecular weight is 334 g/mol. The van der Waals surface area contributed by atoms with Crippen molar-refractivity contribution >= 4 is 11.6 Å². The molecule has 0 atom stereocenters. The van der Waals surface area contributed by atoms with Gasteiger partial charge in [-0.1, -0.05) is 18.2 Å². The molecule has 1 N–H and O–H groups in total. The second-order valence-electron chi connectivity index (χ2n) is 5.52. The van der Waals surface area contributed by atoms with Gasteiger partial charge in [-0.2, -0.15) is 0 Å². The molecule has 0 saturated carbocycles. The Morgan fingerprint density at radius 1 is 1.21 bits per heavy atom. The number of hydrogen-bond donors (Lipinski definition) is 1. The first-order chi connectivity index (χ1) is 11.5. The Morgan fingerprint density at radius 2 is 1.96 bits per heavy atom. The van der Waals surface area contributed by atoms with Gasteiger partial charge in [0.2, 0.25) is 5.91 Å². The van der Waals surface area contributed by atoms with Crippen molar-refractivity contribution in [1.29, 1.82) is 0 Å². The van der Waals surface area contributed by atoms with Crippen molar-refractivity contribution in [3.8, 4) is 5.75 Å². The fourth-order valence-corrected chi connectivity index (χ4v) is 2.14. The number of nitrogens with one attached hydrogen (secondary N) is 1. The van der Waals surface area contributed by atoms with Crippen LogP contribution < -0.4 is 10.1 Å². The summed E-state index contributed by atoms with van der Waals surface area (Å²) in [5.41, 5.74) is 0.879. The summed E-state index contributed by atoms with van der Waals surface area (Å²) in [5, 5.41) is 2.36. The summed E-state index contributed by atoms with van der Waals surface area (Å²) in [4.78, 5) is 13.6. The molecule has 1 amide bonds. The molecule has 2 aromatic carbocycles. The zero-order chi connectivity index (χ0) is 17.5. The Morgan fingerprint density at radius 3 is 2.71 bits per heavy atom. The van der Waals surface area contributed by atoms with E-state index in [4.69, 9.17) is 4.74 Å². The van der Waals surface area contributed by atoms with Crippen molar-refractivity contribution in [3.05, 3.63) is 59.7 Å². The van der Waals surface area contributed by atoms with Crippen LogP contribution in [0.1, 0.15) is 5.56 Å². The second kappa shape index (κ2) is 8.40. The maximum absolute atomic E-state index is 13.5. The zero-order valence-electron chi connectivity index (χ0n) is 13.7. The van der Waals surface area contributed by atoms with Crippen molar-refractivity contribution in [3.63, 3.8) is 0 Å². The smallest absolute Gasteiger partial charge is 0.238 e. The van der Waals surface area contributed by atoms with Gasteiger partial charge in [0.05, 0.1) is 12.2 Å². The summed E-state index contributed by atoms with van der Waals surface area (Å²) in [5.74, 6) is -0.892. The van der Waals surface area contributed by atoms with Crippen molar-refractivity contribution < 1.29 is 18.3 Å². The Labute approximate surface area is 140 Å². The monoisotopic (exact) mass is 334 g/mol. The number of anilines is 1. The maximum Gasteiger partial charge on any atom is 0.238 e. The molecule has 0 radical (unpaired) electrons. The van der Waals surface area contributed by atoms with Crippen molar-refractivity contribution in [2.75, 3.05) is 32.1 Å². The van der Waals surface area contributed by atoms with Crippen LogP contribution in [0, 0.1) is 18.6 Å². The number of aryl methyl sites for hydroxylation is 1. The molecule has 128 valence electrons. The molecule has 2 rings (SSSR count). The molecule has 0 unspecified atom stereocenters. The molecule has 0 spiro atoms. The van der Waals surface area contributed by atoms with Crippen LogP contribution in [0.15, 0.2) is 42.5 Å². The first kappa shape index (κ1) is 17.9. The maximum atomic E-state index is 13.5. The first-order valence-electron chi connectivity index (χ1n) is 7.57. The molecule has 0 saturated heterocycles. The normalized spacial score (nSPS) is 10.7. The largest absolute Gasteiger partial charge is 0.492 e. The zero-order valence-corrected chi connectivity index (χ0v) is 13.7. The Balaban J connectivity index is 1.77. The van der Waals surface area contributed by atoms with Crippen molar-refractivity contribution in [2.45, 2.75) is 6.92 Å². The van der Waals surface area contributed by atoms with Gasteiger partial charge >= 0.3 is 0 Å². The van der Waals surface area contributed by atoms with Crippen LogP contribution in [0.4, 0.5) is 14.5 Å². The third kappa shape index (κ3) is 5.31. The van der Waals surface area contributed by atoms with Gasteiger partial charge in [-0.25, -0.2) is 8.78 Å². The van der Waals surface area contributed by atoms with Crippen LogP contribution in [0.2, 0.25) is 0 Å². The lowest BCUT2D eigenvalue weighted by molar-refractivity contribution is -0.117. The van der Waals surface area contributed by atoms with Gasteiger partial charge in [-0.3, -0.25) is 9.69 Å². The summed E-state index contributed by atoms with van der Waals surface area (Å²) in [7, 11) is 1.75. The Bertz CT molecular complexity index is 707. The fourth-order valence-electron chi connectivity index (χ4n) is 2.14. The van der Waals surface area contributed by atoms with E-state index in [0.29, 0.717) is 13.2 Å². The highest BCUT2D eigenvalue weighted by Gasteiger charge is 2.11. The molecular formula is C18H20F2N2O2. The number of nitrogens with zero attached hydrogens (tertiary/aromatic N) is 1. The number of benzene rings is 2. The van der Waals surface area contributed by atoms with E-state index in [-0.39, 0.29) is 12.2 Å². The van der Waals surface area contributed by atoms with Crippen LogP contribution in [-0.2, 0) is 4.79 Å².